The maximum Gasteiger partial charge on any atom is 0.384 e. The second-order valence-electron chi connectivity index (χ2n) is 6.52. The molecule has 2 atom stereocenters. The van der Waals surface area contributed by atoms with Gasteiger partial charge in [0, 0.05) is 11.8 Å². The Bertz CT molecular complexity index is 417. The molecule has 0 spiro atoms. The molecule has 0 heterocycles. The normalized spacial score (nSPS) is 24.7. The van der Waals surface area contributed by atoms with Gasteiger partial charge in [-0.15, -0.1) is 0 Å². The van der Waals surface area contributed by atoms with Gasteiger partial charge in [0.25, 0.3) is 0 Å². The van der Waals surface area contributed by atoms with Crippen LogP contribution in [0.3, 0.4) is 0 Å². The van der Waals surface area contributed by atoms with E-state index in [-0.39, 0.29) is 16.7 Å². The van der Waals surface area contributed by atoms with E-state index in [1.807, 2.05) is 34.6 Å². The highest BCUT2D eigenvalue weighted by atomic mass is 16.5. The third-order valence-electron chi connectivity index (χ3n) is 3.06. The zero-order valence-corrected chi connectivity index (χ0v) is 11.5. The largest absolute Gasteiger partial charge is 0.481 e. The average Bonchev–Trinajstić information content (AvgIpc) is 2.73. The molecule has 0 radical (unpaired) electrons. The summed E-state index contributed by atoms with van der Waals surface area (Å²) < 4.78 is 4.99. The highest BCUT2D eigenvalue weighted by molar-refractivity contribution is 5.89. The number of carboxylic acid groups (broad SMARTS) is 1. The summed E-state index contributed by atoms with van der Waals surface area (Å²) in [5.74, 6) is 2.89. The van der Waals surface area contributed by atoms with Gasteiger partial charge in [-0.3, -0.25) is 4.79 Å². The molecule has 4 nitrogen and oxygen atoms in total. The summed E-state index contributed by atoms with van der Waals surface area (Å²) in [7, 11) is 0. The van der Waals surface area contributed by atoms with Crippen molar-refractivity contribution in [3.63, 3.8) is 0 Å². The summed E-state index contributed by atoms with van der Waals surface area (Å²) in [4.78, 5) is 22.3. The number of aliphatic carboxylic acids is 1. The first-order valence-electron chi connectivity index (χ1n) is 5.97. The summed E-state index contributed by atoms with van der Waals surface area (Å²) in [5.41, 5.74) is -0.455. The molecule has 0 amide bonds. The maximum atomic E-state index is 11.4. The lowest BCUT2D eigenvalue weighted by atomic mass is 9.99. The Morgan fingerprint density at radius 2 is 1.89 bits per heavy atom. The van der Waals surface area contributed by atoms with Crippen molar-refractivity contribution in [2.24, 2.45) is 22.7 Å². The van der Waals surface area contributed by atoms with Crippen LogP contribution in [0.15, 0.2) is 0 Å². The van der Waals surface area contributed by atoms with Crippen LogP contribution in [0.4, 0.5) is 0 Å². The van der Waals surface area contributed by atoms with Gasteiger partial charge in [-0.1, -0.05) is 40.5 Å². The Morgan fingerprint density at radius 1 is 1.33 bits per heavy atom. The standard InChI is InChI=1S/C14H20O4/c1-13(2,3)8-18-10(15)7-6-9-11(12(16)17)14(9,4)5/h9,11H,8H2,1-5H3,(H,16,17). The fourth-order valence-corrected chi connectivity index (χ4v) is 1.82. The predicted molar refractivity (Wildman–Crippen MR) is 66.6 cm³/mol. The Morgan fingerprint density at radius 3 is 2.28 bits per heavy atom. The molecule has 4 heteroatoms. The van der Waals surface area contributed by atoms with Crippen molar-refractivity contribution in [1.29, 1.82) is 0 Å². The van der Waals surface area contributed by atoms with Gasteiger partial charge in [0.15, 0.2) is 0 Å². The van der Waals surface area contributed by atoms with Crippen molar-refractivity contribution in [1.82, 2.24) is 0 Å². The summed E-state index contributed by atoms with van der Waals surface area (Å²) in [6.07, 6.45) is 0. The van der Waals surface area contributed by atoms with E-state index in [2.05, 4.69) is 11.8 Å². The van der Waals surface area contributed by atoms with Crippen molar-refractivity contribution in [2.45, 2.75) is 34.6 Å². The molecule has 100 valence electrons. The van der Waals surface area contributed by atoms with Gasteiger partial charge in [0.2, 0.25) is 0 Å². The number of hydrogen-bond donors (Lipinski definition) is 1. The van der Waals surface area contributed by atoms with Crippen LogP contribution in [0.5, 0.6) is 0 Å². The number of carboxylic acids is 1. The van der Waals surface area contributed by atoms with Crippen LogP contribution >= 0.6 is 0 Å². The monoisotopic (exact) mass is 252 g/mol. The molecule has 0 aromatic carbocycles. The Kier molecular flexibility index (Phi) is 3.75. The number of rotatable bonds is 2. The van der Waals surface area contributed by atoms with E-state index in [9.17, 15) is 9.59 Å². The first-order chi connectivity index (χ1) is 8.05. The third kappa shape index (κ3) is 3.49. The molecule has 0 aliphatic heterocycles. The van der Waals surface area contributed by atoms with Crippen LogP contribution < -0.4 is 0 Å². The minimum absolute atomic E-state index is 0.0974. The van der Waals surface area contributed by atoms with Crippen LogP contribution in [-0.2, 0) is 14.3 Å². The number of hydrogen-bond acceptors (Lipinski definition) is 3. The number of esters is 1. The number of carbonyl (C=O) groups is 2. The zero-order chi connectivity index (χ0) is 14.1. The van der Waals surface area contributed by atoms with E-state index >= 15 is 0 Å². The smallest absolute Gasteiger partial charge is 0.384 e. The first-order valence-corrected chi connectivity index (χ1v) is 5.97. The van der Waals surface area contributed by atoms with Crippen LogP contribution in [0.25, 0.3) is 0 Å². The number of carbonyl (C=O) groups excluding carboxylic acids is 1. The van der Waals surface area contributed by atoms with Crippen molar-refractivity contribution in [2.75, 3.05) is 6.61 Å². The van der Waals surface area contributed by atoms with Gasteiger partial charge in [0.05, 0.1) is 12.5 Å². The summed E-state index contributed by atoms with van der Waals surface area (Å²) in [6.45, 7) is 9.85. The topological polar surface area (TPSA) is 63.6 Å². The molecule has 0 aromatic heterocycles. The highest BCUT2D eigenvalue weighted by Crippen LogP contribution is 2.57. The molecule has 1 N–H and O–H groups in total. The molecule has 1 saturated carbocycles. The summed E-state index contributed by atoms with van der Waals surface area (Å²) >= 11 is 0. The van der Waals surface area contributed by atoms with Crippen molar-refractivity contribution in [3.05, 3.63) is 0 Å². The molecule has 0 saturated heterocycles. The van der Waals surface area contributed by atoms with Crippen LogP contribution in [-0.4, -0.2) is 23.7 Å². The number of ether oxygens (including phenoxy) is 1. The molecular weight excluding hydrogens is 232 g/mol. The van der Waals surface area contributed by atoms with Crippen molar-refractivity contribution >= 4 is 11.9 Å². The van der Waals surface area contributed by atoms with Crippen molar-refractivity contribution < 1.29 is 19.4 Å². The molecule has 1 rings (SSSR count). The Hall–Kier alpha value is -1.50. The summed E-state index contributed by atoms with van der Waals surface area (Å²) in [6, 6.07) is 0. The maximum absolute atomic E-state index is 11.4. The lowest BCUT2D eigenvalue weighted by Crippen LogP contribution is -2.17. The van der Waals surface area contributed by atoms with Crippen molar-refractivity contribution in [3.8, 4) is 11.8 Å². The average molecular weight is 252 g/mol. The van der Waals surface area contributed by atoms with E-state index in [1.54, 1.807) is 0 Å². The molecule has 1 fully saturated rings. The fourth-order valence-electron chi connectivity index (χ4n) is 1.82. The molecule has 0 bridgehead atoms. The molecular formula is C14H20O4. The minimum Gasteiger partial charge on any atom is -0.481 e. The quantitative estimate of drug-likeness (QED) is 0.463. The van der Waals surface area contributed by atoms with Gasteiger partial charge in [-0.05, 0) is 10.8 Å². The van der Waals surface area contributed by atoms with Crippen LogP contribution in [0, 0.1) is 34.5 Å². The van der Waals surface area contributed by atoms with Crippen LogP contribution in [0.1, 0.15) is 34.6 Å². The molecule has 2 unspecified atom stereocenters. The minimum atomic E-state index is -0.859. The fraction of sp³-hybridized carbons (Fsp3) is 0.714. The second kappa shape index (κ2) is 4.64. The van der Waals surface area contributed by atoms with Gasteiger partial charge >= 0.3 is 11.9 Å². The highest BCUT2D eigenvalue weighted by Gasteiger charge is 2.61. The third-order valence-corrected chi connectivity index (χ3v) is 3.06. The van der Waals surface area contributed by atoms with Gasteiger partial charge in [0.1, 0.15) is 0 Å². The van der Waals surface area contributed by atoms with E-state index < -0.39 is 17.9 Å². The Labute approximate surface area is 108 Å². The molecule has 18 heavy (non-hydrogen) atoms. The molecule has 1 aliphatic carbocycles. The lowest BCUT2D eigenvalue weighted by molar-refractivity contribution is -0.140. The zero-order valence-electron chi connectivity index (χ0n) is 11.5. The van der Waals surface area contributed by atoms with E-state index in [4.69, 9.17) is 9.84 Å². The summed E-state index contributed by atoms with van der Waals surface area (Å²) in [5, 5.41) is 8.95. The van der Waals surface area contributed by atoms with Gasteiger partial charge in [-0.25, -0.2) is 4.79 Å². The second-order valence-corrected chi connectivity index (χ2v) is 6.52. The SMILES string of the molecule is CC(C)(C)COC(=O)C#CC1C(C(=O)O)C1(C)C. The van der Waals surface area contributed by atoms with E-state index in [0.29, 0.717) is 6.61 Å². The molecule has 0 aromatic rings. The Balaban J connectivity index is 2.53. The first kappa shape index (κ1) is 14.6. The van der Waals surface area contributed by atoms with Crippen LogP contribution in [0.2, 0.25) is 0 Å². The van der Waals surface area contributed by atoms with Gasteiger partial charge < -0.3 is 9.84 Å². The van der Waals surface area contributed by atoms with E-state index in [0.717, 1.165) is 0 Å². The predicted octanol–water partition coefficient (Wildman–Crippen LogP) is 1.94. The lowest BCUT2D eigenvalue weighted by Gasteiger charge is -2.16. The van der Waals surface area contributed by atoms with E-state index in [1.165, 1.54) is 0 Å². The van der Waals surface area contributed by atoms with Gasteiger partial charge in [-0.2, -0.15) is 0 Å². The molecule has 1 aliphatic rings.